The minimum absolute atomic E-state index is 0.225. The van der Waals surface area contributed by atoms with Gasteiger partial charge in [0.05, 0.1) is 12.2 Å². The fourth-order valence-corrected chi connectivity index (χ4v) is 4.60. The van der Waals surface area contributed by atoms with Crippen LogP contribution >= 0.6 is 0 Å². The van der Waals surface area contributed by atoms with Gasteiger partial charge in [-0.1, -0.05) is 117 Å². The number of hydrogen-bond acceptors (Lipinski definition) is 3. The van der Waals surface area contributed by atoms with Crippen molar-refractivity contribution in [3.8, 4) is 0 Å². The number of hydrogen-bond donors (Lipinski definition) is 3. The van der Waals surface area contributed by atoms with Gasteiger partial charge in [-0.25, -0.2) is 0 Å². The molecule has 0 aliphatic rings. The molecule has 0 aliphatic carbocycles. The lowest BCUT2D eigenvalue weighted by atomic mass is 9.89. The van der Waals surface area contributed by atoms with Crippen molar-refractivity contribution >= 4 is 0 Å². The molecule has 0 aliphatic heterocycles. The number of rotatable bonds is 24. The highest BCUT2D eigenvalue weighted by atomic mass is 16.3. The Kier molecular flexibility index (Phi) is 23.4. The first-order chi connectivity index (χ1) is 14.6. The Hall–Kier alpha value is -0.120. The van der Waals surface area contributed by atoms with Gasteiger partial charge in [0.1, 0.15) is 0 Å². The second-order valence-corrected chi connectivity index (χ2v) is 9.75. The quantitative estimate of drug-likeness (QED) is 0.140. The van der Waals surface area contributed by atoms with Crippen LogP contribution in [0.2, 0.25) is 0 Å². The molecule has 0 amide bonds. The van der Waals surface area contributed by atoms with Gasteiger partial charge in [0.25, 0.3) is 0 Å². The van der Waals surface area contributed by atoms with E-state index in [9.17, 15) is 10.2 Å². The highest BCUT2D eigenvalue weighted by Gasteiger charge is 2.18. The van der Waals surface area contributed by atoms with E-state index >= 15 is 0 Å². The van der Waals surface area contributed by atoms with Crippen LogP contribution in [0.25, 0.3) is 0 Å². The van der Waals surface area contributed by atoms with Crippen LogP contribution in [0.15, 0.2) is 0 Å². The summed E-state index contributed by atoms with van der Waals surface area (Å²) in [5, 5.41) is 20.9. The maximum atomic E-state index is 10.4. The summed E-state index contributed by atoms with van der Waals surface area (Å²) in [5.41, 5.74) is 5.80. The van der Waals surface area contributed by atoms with Gasteiger partial charge in [0.2, 0.25) is 0 Å². The zero-order valence-electron chi connectivity index (χ0n) is 20.8. The topological polar surface area (TPSA) is 66.5 Å². The van der Waals surface area contributed by atoms with Crippen molar-refractivity contribution in [1.29, 1.82) is 0 Å². The second-order valence-electron chi connectivity index (χ2n) is 9.75. The highest BCUT2D eigenvalue weighted by molar-refractivity contribution is 4.71. The van der Waals surface area contributed by atoms with E-state index in [1.165, 1.54) is 89.9 Å². The fraction of sp³-hybridized carbons (Fsp3) is 1.00. The Balaban J connectivity index is 3.77. The summed E-state index contributed by atoms with van der Waals surface area (Å²) in [6.45, 7) is 5.17. The molecule has 182 valence electrons. The summed E-state index contributed by atoms with van der Waals surface area (Å²) in [7, 11) is 0. The van der Waals surface area contributed by atoms with Crippen LogP contribution in [-0.4, -0.2) is 29.0 Å². The summed E-state index contributed by atoms with van der Waals surface area (Å²) >= 11 is 0. The van der Waals surface area contributed by atoms with Gasteiger partial charge in [-0.15, -0.1) is 0 Å². The van der Waals surface area contributed by atoms with E-state index in [-0.39, 0.29) is 12.2 Å². The number of aliphatic hydroxyl groups excluding tert-OH is 2. The minimum Gasteiger partial charge on any atom is -0.393 e. The van der Waals surface area contributed by atoms with E-state index in [1.54, 1.807) is 0 Å². The second kappa shape index (κ2) is 23.5. The average Bonchev–Trinajstić information content (AvgIpc) is 2.72. The zero-order valence-corrected chi connectivity index (χ0v) is 20.8. The number of aliphatic hydroxyl groups is 2. The molecule has 0 bridgehead atoms. The molecule has 3 nitrogen and oxygen atoms in total. The van der Waals surface area contributed by atoms with Crippen molar-refractivity contribution < 1.29 is 10.2 Å². The predicted molar refractivity (Wildman–Crippen MR) is 133 cm³/mol. The molecule has 3 heteroatoms. The summed E-state index contributed by atoms with van der Waals surface area (Å²) in [5.74, 6) is 0.364. The molecule has 0 heterocycles. The maximum absolute atomic E-state index is 10.4. The third-order valence-electron chi connectivity index (χ3n) is 6.57. The predicted octanol–water partition coefficient (Wildman–Crippen LogP) is 7.52. The average molecular weight is 428 g/mol. The molecule has 2 atom stereocenters. The molecular weight excluding hydrogens is 370 g/mol. The molecule has 0 aromatic heterocycles. The van der Waals surface area contributed by atoms with Gasteiger partial charge >= 0.3 is 0 Å². The highest BCUT2D eigenvalue weighted by Crippen LogP contribution is 2.23. The lowest BCUT2D eigenvalue weighted by Crippen LogP contribution is -2.21. The minimum atomic E-state index is -0.225. The Bertz CT molecular complexity index is 296. The van der Waals surface area contributed by atoms with Gasteiger partial charge in [0.15, 0.2) is 0 Å². The standard InChI is InChI=1S/C27H57NO2/c1-3-5-7-9-11-13-15-17-19-26(29)23-25(21-22-28)24-27(30)20-18-16-14-12-10-8-6-4-2/h25-27,29-30H,3-24,28H2,1-2H3. The van der Waals surface area contributed by atoms with Crippen molar-refractivity contribution in [3.05, 3.63) is 0 Å². The van der Waals surface area contributed by atoms with Crippen LogP contribution in [0.5, 0.6) is 0 Å². The Morgan fingerprint density at radius 2 is 0.833 bits per heavy atom. The largest absolute Gasteiger partial charge is 0.393 e. The lowest BCUT2D eigenvalue weighted by Gasteiger charge is -2.22. The van der Waals surface area contributed by atoms with Gasteiger partial charge in [-0.3, -0.25) is 0 Å². The fourth-order valence-electron chi connectivity index (χ4n) is 4.60. The molecule has 0 aromatic carbocycles. The maximum Gasteiger partial charge on any atom is 0.0543 e. The van der Waals surface area contributed by atoms with Crippen LogP contribution in [0, 0.1) is 5.92 Å². The van der Waals surface area contributed by atoms with Crippen molar-refractivity contribution in [1.82, 2.24) is 0 Å². The van der Waals surface area contributed by atoms with Crippen molar-refractivity contribution in [2.45, 2.75) is 161 Å². The van der Waals surface area contributed by atoms with Gasteiger partial charge in [-0.2, -0.15) is 0 Å². The molecule has 2 unspecified atom stereocenters. The normalized spacial score (nSPS) is 14.7. The Labute approximate surface area is 189 Å². The van der Waals surface area contributed by atoms with Crippen LogP contribution in [-0.2, 0) is 0 Å². The van der Waals surface area contributed by atoms with Crippen LogP contribution in [0.4, 0.5) is 0 Å². The molecule has 30 heavy (non-hydrogen) atoms. The first kappa shape index (κ1) is 29.9. The number of unbranched alkanes of at least 4 members (excludes halogenated alkanes) is 14. The van der Waals surface area contributed by atoms with Crippen LogP contribution in [0.3, 0.4) is 0 Å². The van der Waals surface area contributed by atoms with Crippen molar-refractivity contribution in [3.63, 3.8) is 0 Å². The van der Waals surface area contributed by atoms with E-state index in [2.05, 4.69) is 13.8 Å². The van der Waals surface area contributed by atoms with Crippen LogP contribution in [0.1, 0.15) is 149 Å². The summed E-state index contributed by atoms with van der Waals surface area (Å²) in [4.78, 5) is 0. The van der Waals surface area contributed by atoms with E-state index < -0.39 is 0 Å². The molecule has 0 rings (SSSR count). The molecule has 0 aromatic rings. The molecule has 0 saturated heterocycles. The lowest BCUT2D eigenvalue weighted by molar-refractivity contribution is 0.0891. The Morgan fingerprint density at radius 3 is 1.17 bits per heavy atom. The summed E-state index contributed by atoms with van der Waals surface area (Å²) < 4.78 is 0. The van der Waals surface area contributed by atoms with Gasteiger partial charge in [-0.05, 0) is 44.6 Å². The van der Waals surface area contributed by atoms with Gasteiger partial charge < -0.3 is 15.9 Å². The zero-order chi connectivity index (χ0) is 22.3. The molecule has 4 N–H and O–H groups in total. The molecule has 0 fully saturated rings. The molecular formula is C27H57NO2. The summed E-state index contributed by atoms with van der Waals surface area (Å²) in [6, 6.07) is 0. The van der Waals surface area contributed by atoms with Crippen molar-refractivity contribution in [2.75, 3.05) is 6.54 Å². The third-order valence-corrected chi connectivity index (χ3v) is 6.57. The SMILES string of the molecule is CCCCCCCCCCC(O)CC(CCN)CC(O)CCCCCCCCCC. The molecule has 0 saturated carbocycles. The summed E-state index contributed by atoms with van der Waals surface area (Å²) in [6.07, 6.45) is 24.8. The molecule has 0 radical (unpaired) electrons. The number of nitrogens with two attached hydrogens (primary N) is 1. The monoisotopic (exact) mass is 427 g/mol. The first-order valence-corrected chi connectivity index (χ1v) is 13.7. The van der Waals surface area contributed by atoms with E-state index in [1.807, 2.05) is 0 Å². The smallest absolute Gasteiger partial charge is 0.0543 e. The molecule has 0 spiro atoms. The third kappa shape index (κ3) is 21.1. The van der Waals surface area contributed by atoms with Gasteiger partial charge in [0, 0.05) is 0 Å². The first-order valence-electron chi connectivity index (χ1n) is 13.7. The van der Waals surface area contributed by atoms with E-state index in [0.29, 0.717) is 12.5 Å². The van der Waals surface area contributed by atoms with Crippen molar-refractivity contribution in [2.24, 2.45) is 11.7 Å². The Morgan fingerprint density at radius 1 is 0.500 bits per heavy atom. The van der Waals surface area contributed by atoms with E-state index in [0.717, 1.165) is 44.9 Å². The van der Waals surface area contributed by atoms with Crippen LogP contribution < -0.4 is 5.73 Å². The van der Waals surface area contributed by atoms with E-state index in [4.69, 9.17) is 5.73 Å².